The maximum absolute atomic E-state index is 5.67. The van der Waals surface area contributed by atoms with Crippen LogP contribution in [0.25, 0.3) is 16.5 Å². The van der Waals surface area contributed by atoms with E-state index in [9.17, 15) is 0 Å². The highest BCUT2D eigenvalue weighted by Crippen LogP contribution is 2.39. The lowest BCUT2D eigenvalue weighted by molar-refractivity contribution is 0.340. The second kappa shape index (κ2) is 20.5. The van der Waals surface area contributed by atoms with Crippen molar-refractivity contribution >= 4 is 28.4 Å². The third kappa shape index (κ3) is 9.28. The van der Waals surface area contributed by atoms with E-state index >= 15 is 0 Å². The maximum atomic E-state index is 5.67. The van der Waals surface area contributed by atoms with Gasteiger partial charge in [-0.3, -0.25) is 0 Å². The van der Waals surface area contributed by atoms with Crippen LogP contribution < -0.4 is 15.4 Å². The Morgan fingerprint density at radius 2 is 1.48 bits per heavy atom. The molecule has 5 rings (SSSR count). The first-order valence-electron chi connectivity index (χ1n) is 16.5. The van der Waals surface area contributed by atoms with Crippen LogP contribution >= 0.6 is 11.8 Å². The molecule has 1 aliphatic rings. The van der Waals surface area contributed by atoms with Crippen LogP contribution in [-0.2, 0) is 0 Å². The summed E-state index contributed by atoms with van der Waals surface area (Å²) in [5, 5.41) is 21.1. The van der Waals surface area contributed by atoms with E-state index in [1.165, 1.54) is 17.0 Å². The van der Waals surface area contributed by atoms with Crippen LogP contribution in [0.15, 0.2) is 65.7 Å². The van der Waals surface area contributed by atoms with Crippen molar-refractivity contribution in [2.45, 2.75) is 101 Å². The van der Waals surface area contributed by atoms with Gasteiger partial charge in [-0.2, -0.15) is 5.10 Å². The van der Waals surface area contributed by atoms with Crippen molar-refractivity contribution in [3.63, 3.8) is 0 Å². The van der Waals surface area contributed by atoms with Crippen molar-refractivity contribution in [2.24, 2.45) is 0 Å². The van der Waals surface area contributed by atoms with Crippen LogP contribution in [0, 0.1) is 13.8 Å². The molecule has 3 heterocycles. The van der Waals surface area contributed by atoms with Crippen molar-refractivity contribution in [3.05, 3.63) is 88.3 Å². The number of aromatic nitrogens is 3. The van der Waals surface area contributed by atoms with Crippen molar-refractivity contribution in [2.75, 3.05) is 18.5 Å². The Hall–Kier alpha value is -3.45. The van der Waals surface area contributed by atoms with Crippen LogP contribution in [0.4, 0.5) is 5.82 Å². The first-order chi connectivity index (χ1) is 21.5. The van der Waals surface area contributed by atoms with E-state index in [4.69, 9.17) is 4.74 Å². The molecule has 1 atom stereocenters. The molecule has 6 nitrogen and oxygen atoms in total. The van der Waals surface area contributed by atoms with E-state index in [1.807, 2.05) is 87.4 Å². The third-order valence-corrected chi connectivity index (χ3v) is 7.59. The van der Waals surface area contributed by atoms with Gasteiger partial charge in [-0.1, -0.05) is 99.6 Å². The van der Waals surface area contributed by atoms with Crippen LogP contribution in [-0.4, -0.2) is 27.9 Å². The van der Waals surface area contributed by atoms with E-state index < -0.39 is 0 Å². The molecule has 242 valence electrons. The molecule has 1 unspecified atom stereocenters. The fourth-order valence-electron chi connectivity index (χ4n) is 4.93. The Morgan fingerprint density at radius 1 is 0.864 bits per heavy atom. The van der Waals surface area contributed by atoms with E-state index in [0.717, 1.165) is 39.4 Å². The third-order valence-electron chi connectivity index (χ3n) is 6.51. The summed E-state index contributed by atoms with van der Waals surface area (Å²) in [5.74, 6) is 1.99. The summed E-state index contributed by atoms with van der Waals surface area (Å²) in [6.07, 6.45) is 0. The van der Waals surface area contributed by atoms with E-state index in [-0.39, 0.29) is 5.37 Å². The molecule has 4 aromatic rings. The molecule has 2 aromatic heterocycles. The molecule has 0 saturated carbocycles. The Labute approximate surface area is 272 Å². The number of hydrogen-bond donors (Lipinski definition) is 2. The highest BCUT2D eigenvalue weighted by atomic mass is 32.2. The molecular weight excluding hydrogens is 563 g/mol. The van der Waals surface area contributed by atoms with E-state index in [2.05, 4.69) is 88.0 Å². The van der Waals surface area contributed by atoms with Gasteiger partial charge >= 0.3 is 0 Å². The Morgan fingerprint density at radius 3 is 2.05 bits per heavy atom. The largest absolute Gasteiger partial charge is 0.494 e. The zero-order chi connectivity index (χ0) is 33.2. The van der Waals surface area contributed by atoms with E-state index in [0.29, 0.717) is 19.1 Å². The van der Waals surface area contributed by atoms with Gasteiger partial charge < -0.3 is 19.9 Å². The maximum Gasteiger partial charge on any atom is 0.158 e. The number of fused-ring (bicyclic) bond motifs is 1. The van der Waals surface area contributed by atoms with Gasteiger partial charge in [0.15, 0.2) is 5.82 Å². The first-order valence-corrected chi connectivity index (χ1v) is 17.4. The first kappa shape index (κ1) is 38.6. The predicted molar refractivity (Wildman–Crippen MR) is 195 cm³/mol. The number of benzene rings is 2. The molecule has 1 aliphatic heterocycles. The molecule has 0 aliphatic carbocycles. The summed E-state index contributed by atoms with van der Waals surface area (Å²) >= 11 is 1.80. The molecule has 0 bridgehead atoms. The number of thioether (sulfide) groups is 1. The zero-order valence-corrected chi connectivity index (χ0v) is 30.3. The topological polar surface area (TPSA) is 64.0 Å². The molecule has 7 heteroatoms. The minimum atomic E-state index is 0.237. The number of hydrogen-bond acceptors (Lipinski definition) is 6. The lowest BCUT2D eigenvalue weighted by Crippen LogP contribution is -2.19. The van der Waals surface area contributed by atoms with Gasteiger partial charge in [0.2, 0.25) is 0 Å². The standard InChI is InChI=1S/C29H33N5OS.4C2H6/c1-6-35-24-14-12-23(13-15-24)34-20(5)25-19(4)32-33-28(26(25)27(34)18(2)3)30-16-22-17-36-29(31-22)21-10-8-7-9-11-21;4*1-2/h7-15,17-18,29,31H,6,16H2,1-5H3,(H,30,33);4*1-2H3. The number of ether oxygens (including phenoxy) is 1. The molecule has 0 amide bonds. The number of aryl methyl sites for hydroxylation is 2. The van der Waals surface area contributed by atoms with Crippen molar-refractivity contribution in [1.82, 2.24) is 20.1 Å². The number of nitrogens with one attached hydrogen (secondary N) is 2. The smallest absolute Gasteiger partial charge is 0.158 e. The molecule has 0 saturated heterocycles. The van der Waals surface area contributed by atoms with Gasteiger partial charge in [-0.15, -0.1) is 16.9 Å². The molecule has 0 fully saturated rings. The Kier molecular flexibility index (Phi) is 18.0. The van der Waals surface area contributed by atoms with Gasteiger partial charge in [0.05, 0.1) is 18.8 Å². The fraction of sp³-hybridized carbons (Fsp3) is 0.459. The summed E-state index contributed by atoms with van der Waals surface area (Å²) in [7, 11) is 0. The van der Waals surface area contributed by atoms with Gasteiger partial charge in [0, 0.05) is 33.5 Å². The minimum Gasteiger partial charge on any atom is -0.494 e. The Bertz CT molecular complexity index is 1400. The van der Waals surface area contributed by atoms with Crippen LogP contribution in [0.1, 0.15) is 110 Å². The fourth-order valence-corrected chi connectivity index (χ4v) is 5.92. The van der Waals surface area contributed by atoms with E-state index in [1.54, 1.807) is 11.8 Å². The highest BCUT2D eigenvalue weighted by molar-refractivity contribution is 8.02. The average molecular weight is 620 g/mol. The molecule has 0 radical (unpaired) electrons. The van der Waals surface area contributed by atoms with Crippen molar-refractivity contribution in [3.8, 4) is 11.4 Å². The van der Waals surface area contributed by atoms with Crippen molar-refractivity contribution in [1.29, 1.82) is 0 Å². The monoisotopic (exact) mass is 619 g/mol. The molecule has 44 heavy (non-hydrogen) atoms. The summed E-state index contributed by atoms with van der Waals surface area (Å²) in [4.78, 5) is 0. The SMILES string of the molecule is CC.CC.CC.CC.CCOc1ccc(-n2c(C)c3c(C)nnc(NCC4=CSC(c5ccccc5)N4)c3c2C(C)C)cc1. The summed E-state index contributed by atoms with van der Waals surface area (Å²) in [6.45, 7) is 28.0. The lowest BCUT2D eigenvalue weighted by atomic mass is 10.0. The minimum absolute atomic E-state index is 0.237. The van der Waals surface area contributed by atoms with Gasteiger partial charge in [0.25, 0.3) is 0 Å². The number of nitrogens with zero attached hydrogens (tertiary/aromatic N) is 3. The molecular formula is C37H57N5OS. The Balaban J connectivity index is 0.00000112. The second-order valence-electron chi connectivity index (χ2n) is 9.34. The molecule has 2 aromatic carbocycles. The summed E-state index contributed by atoms with van der Waals surface area (Å²) < 4.78 is 8.01. The lowest BCUT2D eigenvalue weighted by Gasteiger charge is -2.16. The average Bonchev–Trinajstić information content (AvgIpc) is 3.69. The van der Waals surface area contributed by atoms with Gasteiger partial charge in [0.1, 0.15) is 11.1 Å². The summed E-state index contributed by atoms with van der Waals surface area (Å²) in [6, 6.07) is 18.8. The second-order valence-corrected chi connectivity index (χ2v) is 10.3. The number of anilines is 1. The number of rotatable bonds is 8. The van der Waals surface area contributed by atoms with Gasteiger partial charge in [-0.05, 0) is 61.9 Å². The predicted octanol–water partition coefficient (Wildman–Crippen LogP) is 11.0. The van der Waals surface area contributed by atoms with Crippen LogP contribution in [0.2, 0.25) is 0 Å². The zero-order valence-electron chi connectivity index (χ0n) is 29.5. The van der Waals surface area contributed by atoms with Crippen LogP contribution in [0.3, 0.4) is 0 Å². The quantitative estimate of drug-likeness (QED) is 0.205. The van der Waals surface area contributed by atoms with Crippen LogP contribution in [0.5, 0.6) is 5.75 Å². The highest BCUT2D eigenvalue weighted by Gasteiger charge is 2.24. The van der Waals surface area contributed by atoms with Crippen molar-refractivity contribution < 1.29 is 4.74 Å². The van der Waals surface area contributed by atoms with Gasteiger partial charge in [-0.25, -0.2) is 0 Å². The molecule has 2 N–H and O–H groups in total. The normalized spacial score (nSPS) is 13.0. The molecule has 0 spiro atoms. The summed E-state index contributed by atoms with van der Waals surface area (Å²) in [5.41, 5.74) is 6.89.